The third-order valence-corrected chi connectivity index (χ3v) is 4.62. The first-order chi connectivity index (χ1) is 7.93. The predicted molar refractivity (Wildman–Crippen MR) is 72.3 cm³/mol. The lowest BCUT2D eigenvalue weighted by molar-refractivity contribution is -0.0714. The van der Waals surface area contributed by atoms with Gasteiger partial charge in [0.1, 0.15) is 0 Å². The van der Waals surface area contributed by atoms with Gasteiger partial charge in [0.25, 0.3) is 0 Å². The molecule has 0 N–H and O–H groups in total. The number of nitrogens with zero attached hydrogens (tertiary/aromatic N) is 1. The van der Waals surface area contributed by atoms with Gasteiger partial charge in [0, 0.05) is 11.5 Å². The first kappa shape index (κ1) is 13.4. The van der Waals surface area contributed by atoms with Crippen molar-refractivity contribution in [3.05, 3.63) is 0 Å². The van der Waals surface area contributed by atoms with Gasteiger partial charge in [-0.05, 0) is 60.0 Å². The highest BCUT2D eigenvalue weighted by Gasteiger charge is 2.45. The van der Waals surface area contributed by atoms with Crippen molar-refractivity contribution in [1.29, 1.82) is 0 Å². The average Bonchev–Trinajstić information content (AvgIpc) is 2.83. The third-order valence-electron chi connectivity index (χ3n) is 4.62. The molecule has 1 saturated heterocycles. The van der Waals surface area contributed by atoms with E-state index >= 15 is 0 Å². The van der Waals surface area contributed by atoms with Gasteiger partial charge in [-0.25, -0.2) is 0 Å². The van der Waals surface area contributed by atoms with Crippen molar-refractivity contribution in [1.82, 2.24) is 4.90 Å². The van der Waals surface area contributed by atoms with Gasteiger partial charge in [-0.2, -0.15) is 0 Å². The summed E-state index contributed by atoms with van der Waals surface area (Å²) >= 11 is 0. The van der Waals surface area contributed by atoms with Crippen molar-refractivity contribution in [2.45, 2.75) is 70.9 Å². The fraction of sp³-hybridized carbons (Fsp3) is 1.00. The van der Waals surface area contributed by atoms with Gasteiger partial charge in [-0.1, -0.05) is 12.8 Å². The molecule has 1 aliphatic carbocycles. The molecule has 0 spiro atoms. The van der Waals surface area contributed by atoms with Crippen LogP contribution in [0.3, 0.4) is 0 Å². The summed E-state index contributed by atoms with van der Waals surface area (Å²) in [6.07, 6.45) is 8.30. The van der Waals surface area contributed by atoms with Crippen molar-refractivity contribution < 1.29 is 4.74 Å². The Bertz CT molecular complexity index is 250. The Labute approximate surface area is 107 Å². The van der Waals surface area contributed by atoms with E-state index in [1.54, 1.807) is 0 Å². The molecule has 2 heteroatoms. The lowest BCUT2D eigenvalue weighted by Crippen LogP contribution is -2.45. The van der Waals surface area contributed by atoms with Gasteiger partial charge in [-0.3, -0.25) is 0 Å². The molecule has 1 atom stereocenters. The van der Waals surface area contributed by atoms with Crippen LogP contribution in [-0.2, 0) is 4.74 Å². The molecule has 1 unspecified atom stereocenters. The van der Waals surface area contributed by atoms with Crippen LogP contribution in [0.5, 0.6) is 0 Å². The summed E-state index contributed by atoms with van der Waals surface area (Å²) in [4.78, 5) is 2.58. The Morgan fingerprint density at radius 2 is 1.82 bits per heavy atom. The molecule has 1 aliphatic heterocycles. The van der Waals surface area contributed by atoms with E-state index in [4.69, 9.17) is 4.74 Å². The SMILES string of the molecule is CN1CCCC1C1(COC(C)(C)C)CCCC1. The van der Waals surface area contributed by atoms with Gasteiger partial charge in [0.15, 0.2) is 0 Å². The molecule has 2 rings (SSSR count). The van der Waals surface area contributed by atoms with Gasteiger partial charge in [0.05, 0.1) is 12.2 Å². The van der Waals surface area contributed by atoms with Crippen LogP contribution in [0.15, 0.2) is 0 Å². The molecule has 1 saturated carbocycles. The van der Waals surface area contributed by atoms with Crippen molar-refractivity contribution in [2.24, 2.45) is 5.41 Å². The van der Waals surface area contributed by atoms with Gasteiger partial charge in [-0.15, -0.1) is 0 Å². The minimum absolute atomic E-state index is 0.00671. The minimum Gasteiger partial charge on any atom is -0.375 e. The van der Waals surface area contributed by atoms with Crippen molar-refractivity contribution in [3.63, 3.8) is 0 Å². The number of hydrogen-bond acceptors (Lipinski definition) is 2. The van der Waals surface area contributed by atoms with E-state index in [1.165, 1.54) is 45.1 Å². The number of rotatable bonds is 3. The normalized spacial score (nSPS) is 30.0. The summed E-state index contributed by atoms with van der Waals surface area (Å²) in [6.45, 7) is 8.77. The third kappa shape index (κ3) is 3.03. The number of hydrogen-bond donors (Lipinski definition) is 0. The van der Waals surface area contributed by atoms with Crippen LogP contribution in [0.2, 0.25) is 0 Å². The fourth-order valence-electron chi connectivity index (χ4n) is 3.70. The van der Waals surface area contributed by atoms with Crippen LogP contribution in [-0.4, -0.2) is 36.7 Å². The van der Waals surface area contributed by atoms with E-state index in [-0.39, 0.29) is 5.60 Å². The Kier molecular flexibility index (Phi) is 3.84. The summed E-state index contributed by atoms with van der Waals surface area (Å²) in [5, 5.41) is 0. The first-order valence-electron chi connectivity index (χ1n) is 7.27. The molecule has 1 heterocycles. The highest BCUT2D eigenvalue weighted by Crippen LogP contribution is 2.46. The van der Waals surface area contributed by atoms with Crippen LogP contribution in [0.25, 0.3) is 0 Å². The Morgan fingerprint density at radius 1 is 1.18 bits per heavy atom. The topological polar surface area (TPSA) is 12.5 Å². The van der Waals surface area contributed by atoms with Crippen LogP contribution in [0.4, 0.5) is 0 Å². The van der Waals surface area contributed by atoms with Crippen LogP contribution in [0.1, 0.15) is 59.3 Å². The standard InChI is InChI=1S/C15H29NO/c1-14(2,3)17-12-15(9-5-6-10-15)13-8-7-11-16(13)4/h13H,5-12H2,1-4H3. The smallest absolute Gasteiger partial charge is 0.0598 e. The lowest BCUT2D eigenvalue weighted by atomic mass is 9.78. The highest BCUT2D eigenvalue weighted by atomic mass is 16.5. The fourth-order valence-corrected chi connectivity index (χ4v) is 3.70. The van der Waals surface area contributed by atoms with E-state index in [2.05, 4.69) is 32.7 Å². The summed E-state index contributed by atoms with van der Waals surface area (Å²) in [6, 6.07) is 0.771. The van der Waals surface area contributed by atoms with Gasteiger partial charge in [0.2, 0.25) is 0 Å². The van der Waals surface area contributed by atoms with Crippen LogP contribution >= 0.6 is 0 Å². The van der Waals surface area contributed by atoms with Crippen molar-refractivity contribution in [3.8, 4) is 0 Å². The second-order valence-corrected chi connectivity index (χ2v) is 7.11. The molecular weight excluding hydrogens is 210 g/mol. The molecule has 0 aromatic rings. The second kappa shape index (κ2) is 4.89. The van der Waals surface area contributed by atoms with Crippen LogP contribution < -0.4 is 0 Å². The van der Waals surface area contributed by atoms with E-state index in [0.717, 1.165) is 12.6 Å². The second-order valence-electron chi connectivity index (χ2n) is 7.11. The Hall–Kier alpha value is -0.0800. The highest BCUT2D eigenvalue weighted by molar-refractivity contribution is 4.98. The maximum Gasteiger partial charge on any atom is 0.0598 e. The predicted octanol–water partition coefficient (Wildman–Crippen LogP) is 3.46. The zero-order valence-corrected chi connectivity index (χ0v) is 12.1. The molecule has 0 bridgehead atoms. The molecule has 2 fully saturated rings. The molecule has 2 nitrogen and oxygen atoms in total. The number of likely N-dealkylation sites (tertiary alicyclic amines) is 1. The Morgan fingerprint density at radius 3 is 2.29 bits per heavy atom. The summed E-state index contributed by atoms with van der Waals surface area (Å²) < 4.78 is 6.15. The minimum atomic E-state index is 0.00671. The van der Waals surface area contributed by atoms with Crippen molar-refractivity contribution >= 4 is 0 Å². The summed E-state index contributed by atoms with van der Waals surface area (Å²) in [5.41, 5.74) is 0.464. The average molecular weight is 239 g/mol. The quantitative estimate of drug-likeness (QED) is 0.748. The van der Waals surface area contributed by atoms with Gasteiger partial charge >= 0.3 is 0 Å². The molecule has 2 aliphatic rings. The van der Waals surface area contributed by atoms with Crippen LogP contribution in [0, 0.1) is 5.41 Å². The van der Waals surface area contributed by atoms with E-state index in [0.29, 0.717) is 5.41 Å². The van der Waals surface area contributed by atoms with E-state index in [1.807, 2.05) is 0 Å². The molecule has 0 amide bonds. The molecule has 100 valence electrons. The summed E-state index contributed by atoms with van der Waals surface area (Å²) in [5.74, 6) is 0. The zero-order valence-electron chi connectivity index (χ0n) is 12.1. The molecule has 0 aromatic carbocycles. The maximum absolute atomic E-state index is 6.15. The number of ether oxygens (including phenoxy) is 1. The molecular formula is C15H29NO. The van der Waals surface area contributed by atoms with Crippen molar-refractivity contribution in [2.75, 3.05) is 20.2 Å². The van der Waals surface area contributed by atoms with Gasteiger partial charge < -0.3 is 9.64 Å². The van der Waals surface area contributed by atoms with E-state index < -0.39 is 0 Å². The Balaban J connectivity index is 2.04. The summed E-state index contributed by atoms with van der Waals surface area (Å²) in [7, 11) is 2.30. The zero-order chi connectivity index (χ0) is 12.5. The lowest BCUT2D eigenvalue weighted by Gasteiger charge is -2.40. The largest absolute Gasteiger partial charge is 0.375 e. The van der Waals surface area contributed by atoms with E-state index in [9.17, 15) is 0 Å². The maximum atomic E-state index is 6.15. The molecule has 17 heavy (non-hydrogen) atoms. The molecule has 0 aromatic heterocycles. The monoisotopic (exact) mass is 239 g/mol. The first-order valence-corrected chi connectivity index (χ1v) is 7.27. The molecule has 0 radical (unpaired) electrons.